The lowest BCUT2D eigenvalue weighted by Gasteiger charge is -2.15. The molecule has 1 atom stereocenters. The third-order valence-corrected chi connectivity index (χ3v) is 3.19. The van der Waals surface area contributed by atoms with Gasteiger partial charge in [0.2, 0.25) is 11.8 Å². The van der Waals surface area contributed by atoms with Gasteiger partial charge in [-0.15, -0.1) is 0 Å². The van der Waals surface area contributed by atoms with Gasteiger partial charge in [0, 0.05) is 5.69 Å². The number of benzene rings is 1. The lowest BCUT2D eigenvalue weighted by atomic mass is 10.1. The van der Waals surface area contributed by atoms with Crippen LogP contribution >= 0.6 is 0 Å². The Morgan fingerprint density at radius 3 is 2.52 bits per heavy atom. The zero-order valence-electron chi connectivity index (χ0n) is 12.6. The summed E-state index contributed by atoms with van der Waals surface area (Å²) in [7, 11) is 0. The van der Waals surface area contributed by atoms with E-state index in [1.807, 2.05) is 20.8 Å². The third-order valence-electron chi connectivity index (χ3n) is 3.19. The molecule has 0 aliphatic rings. The molecule has 0 fully saturated rings. The molecular weight excluding hydrogens is 270 g/mol. The second-order valence-electron chi connectivity index (χ2n) is 5.34. The fraction of sp³-hybridized carbons (Fsp3) is 0.467. The summed E-state index contributed by atoms with van der Waals surface area (Å²) in [5.74, 6) is -0.645. The second kappa shape index (κ2) is 7.75. The first-order valence-corrected chi connectivity index (χ1v) is 6.88. The van der Waals surface area contributed by atoms with E-state index in [2.05, 4.69) is 10.6 Å². The molecule has 21 heavy (non-hydrogen) atoms. The quantitative estimate of drug-likeness (QED) is 0.614. The van der Waals surface area contributed by atoms with E-state index in [4.69, 9.17) is 10.8 Å². The molecule has 0 aromatic heterocycles. The molecule has 0 saturated carbocycles. The van der Waals surface area contributed by atoms with Crippen molar-refractivity contribution in [2.45, 2.75) is 33.4 Å². The van der Waals surface area contributed by atoms with Crippen LogP contribution in [0.25, 0.3) is 0 Å². The van der Waals surface area contributed by atoms with Gasteiger partial charge in [-0.2, -0.15) is 0 Å². The molecule has 0 radical (unpaired) electrons. The number of carbonyl (C=O) groups is 2. The van der Waals surface area contributed by atoms with Crippen molar-refractivity contribution in [1.82, 2.24) is 5.32 Å². The molecule has 116 valence electrons. The molecule has 0 aliphatic carbocycles. The van der Waals surface area contributed by atoms with Crippen LogP contribution in [-0.2, 0) is 16.2 Å². The number of hydrogen-bond donors (Lipinski definition) is 4. The number of aliphatic hydroxyl groups is 1. The third kappa shape index (κ3) is 5.17. The van der Waals surface area contributed by atoms with Crippen molar-refractivity contribution in [3.63, 3.8) is 0 Å². The van der Waals surface area contributed by atoms with Crippen molar-refractivity contribution in [3.8, 4) is 0 Å². The number of anilines is 1. The predicted octanol–water partition coefficient (Wildman–Crippen LogP) is 0.525. The molecule has 0 aliphatic heterocycles. The highest BCUT2D eigenvalue weighted by Gasteiger charge is 2.17. The van der Waals surface area contributed by atoms with E-state index in [0.29, 0.717) is 5.69 Å². The fourth-order valence-corrected chi connectivity index (χ4v) is 1.75. The summed E-state index contributed by atoms with van der Waals surface area (Å²) >= 11 is 0. The van der Waals surface area contributed by atoms with Crippen LogP contribution in [0.2, 0.25) is 0 Å². The number of aliphatic hydroxyl groups excluding tert-OH is 1. The van der Waals surface area contributed by atoms with Crippen LogP contribution in [0.4, 0.5) is 5.69 Å². The standard InChI is InChI=1S/C15H23N3O3/c1-9(2)14(16)15(21)17-7-13(20)18-12-5-4-11(8-19)6-10(12)3/h4-6,9,14,19H,7-8,16H2,1-3H3,(H,17,21)(H,18,20). The van der Waals surface area contributed by atoms with Gasteiger partial charge in [0.05, 0.1) is 19.2 Å². The maximum Gasteiger partial charge on any atom is 0.243 e. The molecule has 1 unspecified atom stereocenters. The molecule has 6 nitrogen and oxygen atoms in total. The van der Waals surface area contributed by atoms with Gasteiger partial charge in [0.1, 0.15) is 0 Å². The Morgan fingerprint density at radius 2 is 2.00 bits per heavy atom. The smallest absolute Gasteiger partial charge is 0.243 e. The Kier molecular flexibility index (Phi) is 6.33. The molecule has 0 heterocycles. The second-order valence-corrected chi connectivity index (χ2v) is 5.34. The zero-order chi connectivity index (χ0) is 16.0. The summed E-state index contributed by atoms with van der Waals surface area (Å²) < 4.78 is 0. The van der Waals surface area contributed by atoms with Crippen molar-refractivity contribution in [3.05, 3.63) is 29.3 Å². The minimum absolute atomic E-state index is 0.0151. The van der Waals surface area contributed by atoms with E-state index in [1.54, 1.807) is 18.2 Å². The van der Waals surface area contributed by atoms with E-state index in [0.717, 1.165) is 11.1 Å². The van der Waals surface area contributed by atoms with E-state index < -0.39 is 6.04 Å². The number of aryl methyl sites for hydroxylation is 1. The number of hydrogen-bond acceptors (Lipinski definition) is 4. The van der Waals surface area contributed by atoms with E-state index in [-0.39, 0.29) is 30.9 Å². The minimum Gasteiger partial charge on any atom is -0.392 e. The molecule has 0 spiro atoms. The van der Waals surface area contributed by atoms with Gasteiger partial charge in [-0.3, -0.25) is 9.59 Å². The Morgan fingerprint density at radius 1 is 1.33 bits per heavy atom. The predicted molar refractivity (Wildman–Crippen MR) is 81.6 cm³/mol. The SMILES string of the molecule is Cc1cc(CO)ccc1NC(=O)CNC(=O)C(N)C(C)C. The van der Waals surface area contributed by atoms with Crippen molar-refractivity contribution < 1.29 is 14.7 Å². The summed E-state index contributed by atoms with van der Waals surface area (Å²) in [6.07, 6.45) is 0. The van der Waals surface area contributed by atoms with Crippen LogP contribution in [-0.4, -0.2) is 29.5 Å². The van der Waals surface area contributed by atoms with Crippen molar-refractivity contribution in [2.75, 3.05) is 11.9 Å². The first kappa shape index (κ1) is 17.1. The van der Waals surface area contributed by atoms with Crippen LogP contribution in [0.5, 0.6) is 0 Å². The molecule has 0 saturated heterocycles. The summed E-state index contributed by atoms with van der Waals surface area (Å²) in [4.78, 5) is 23.4. The highest BCUT2D eigenvalue weighted by molar-refractivity contribution is 5.95. The van der Waals surface area contributed by atoms with Crippen LogP contribution in [0.3, 0.4) is 0 Å². The zero-order valence-corrected chi connectivity index (χ0v) is 12.6. The average molecular weight is 293 g/mol. The molecule has 2 amide bonds. The average Bonchev–Trinajstić information content (AvgIpc) is 2.45. The number of carbonyl (C=O) groups excluding carboxylic acids is 2. The van der Waals surface area contributed by atoms with Gasteiger partial charge in [-0.1, -0.05) is 26.0 Å². The van der Waals surface area contributed by atoms with Crippen molar-refractivity contribution >= 4 is 17.5 Å². The maximum atomic E-state index is 11.8. The van der Waals surface area contributed by atoms with E-state index in [9.17, 15) is 9.59 Å². The first-order valence-electron chi connectivity index (χ1n) is 6.88. The molecule has 1 aromatic rings. The van der Waals surface area contributed by atoms with Gasteiger partial charge < -0.3 is 21.5 Å². The molecule has 1 rings (SSSR count). The van der Waals surface area contributed by atoms with Gasteiger partial charge in [0.15, 0.2) is 0 Å². The molecule has 0 bridgehead atoms. The van der Waals surface area contributed by atoms with Gasteiger partial charge >= 0.3 is 0 Å². The Bertz CT molecular complexity index is 515. The van der Waals surface area contributed by atoms with Crippen molar-refractivity contribution in [2.24, 2.45) is 11.7 Å². The monoisotopic (exact) mass is 293 g/mol. The maximum absolute atomic E-state index is 11.8. The van der Waals surface area contributed by atoms with Crippen LogP contribution in [0, 0.1) is 12.8 Å². The van der Waals surface area contributed by atoms with Crippen molar-refractivity contribution in [1.29, 1.82) is 0 Å². The Balaban J connectivity index is 2.53. The molecular formula is C15H23N3O3. The topological polar surface area (TPSA) is 104 Å². The Labute approximate surface area is 124 Å². The summed E-state index contributed by atoms with van der Waals surface area (Å²) in [5, 5.41) is 14.2. The Hall–Kier alpha value is -1.92. The van der Waals surface area contributed by atoms with Gasteiger partial charge in [-0.25, -0.2) is 0 Å². The largest absolute Gasteiger partial charge is 0.392 e. The lowest BCUT2D eigenvalue weighted by Crippen LogP contribution is -2.46. The minimum atomic E-state index is -0.622. The summed E-state index contributed by atoms with van der Waals surface area (Å²) in [5.41, 5.74) is 7.97. The number of nitrogens with one attached hydrogen (secondary N) is 2. The van der Waals surface area contributed by atoms with Gasteiger partial charge in [-0.05, 0) is 30.0 Å². The van der Waals surface area contributed by atoms with Gasteiger partial charge in [0.25, 0.3) is 0 Å². The molecule has 1 aromatic carbocycles. The molecule has 6 heteroatoms. The number of rotatable bonds is 6. The lowest BCUT2D eigenvalue weighted by molar-refractivity contribution is -0.125. The fourth-order valence-electron chi connectivity index (χ4n) is 1.75. The van der Waals surface area contributed by atoms with Crippen LogP contribution < -0.4 is 16.4 Å². The van der Waals surface area contributed by atoms with Crippen LogP contribution in [0.15, 0.2) is 18.2 Å². The highest BCUT2D eigenvalue weighted by atomic mass is 16.3. The number of nitrogens with two attached hydrogens (primary N) is 1. The number of amides is 2. The van der Waals surface area contributed by atoms with Crippen LogP contribution in [0.1, 0.15) is 25.0 Å². The highest BCUT2D eigenvalue weighted by Crippen LogP contribution is 2.16. The van der Waals surface area contributed by atoms with E-state index in [1.165, 1.54) is 0 Å². The normalized spacial score (nSPS) is 12.1. The van der Waals surface area contributed by atoms with E-state index >= 15 is 0 Å². The summed E-state index contributed by atoms with van der Waals surface area (Å²) in [6, 6.07) is 4.63. The first-order chi connectivity index (χ1) is 9.85. The molecule has 5 N–H and O–H groups in total. The summed E-state index contributed by atoms with van der Waals surface area (Å²) in [6.45, 7) is 5.35.